The molecule has 0 saturated heterocycles. The van der Waals surface area contributed by atoms with E-state index in [2.05, 4.69) is 20.1 Å². The zero-order valence-corrected chi connectivity index (χ0v) is 12.8. The standard InChI is InChI=1S/C16H24O4/c1-10(2)14(17)19-13-9-12(5)7-8-16(13,6)20-15(18)11(3)4/h12-13H,1,3,7-9H2,2,4-6H3. The van der Waals surface area contributed by atoms with Gasteiger partial charge in [0.2, 0.25) is 0 Å². The van der Waals surface area contributed by atoms with E-state index in [0.717, 1.165) is 6.42 Å². The molecule has 0 spiro atoms. The molecule has 1 fully saturated rings. The molecule has 0 aromatic heterocycles. The summed E-state index contributed by atoms with van der Waals surface area (Å²) in [5, 5.41) is 0. The first kappa shape index (κ1) is 16.5. The lowest BCUT2D eigenvalue weighted by atomic mass is 9.78. The minimum Gasteiger partial charge on any atom is -0.455 e. The van der Waals surface area contributed by atoms with Crippen molar-refractivity contribution in [2.75, 3.05) is 0 Å². The Labute approximate surface area is 120 Å². The van der Waals surface area contributed by atoms with Crippen LogP contribution in [-0.4, -0.2) is 23.6 Å². The molecular weight excluding hydrogens is 256 g/mol. The molecule has 0 radical (unpaired) electrons. The third-order valence-corrected chi connectivity index (χ3v) is 3.70. The van der Waals surface area contributed by atoms with Crippen molar-refractivity contribution in [3.05, 3.63) is 24.3 Å². The Morgan fingerprint density at radius 2 is 1.70 bits per heavy atom. The van der Waals surface area contributed by atoms with Crippen LogP contribution >= 0.6 is 0 Å². The number of carbonyl (C=O) groups excluding carboxylic acids is 2. The van der Waals surface area contributed by atoms with E-state index in [1.54, 1.807) is 13.8 Å². The van der Waals surface area contributed by atoms with E-state index in [0.29, 0.717) is 29.9 Å². The average Bonchev–Trinajstić information content (AvgIpc) is 2.33. The molecule has 0 aliphatic heterocycles. The van der Waals surface area contributed by atoms with E-state index >= 15 is 0 Å². The van der Waals surface area contributed by atoms with E-state index in [1.807, 2.05) is 6.92 Å². The van der Waals surface area contributed by atoms with Crippen LogP contribution in [0.15, 0.2) is 24.3 Å². The third kappa shape index (κ3) is 3.95. The second-order valence-corrected chi connectivity index (χ2v) is 6.04. The van der Waals surface area contributed by atoms with Gasteiger partial charge in [0.15, 0.2) is 0 Å². The molecule has 1 saturated carbocycles. The number of esters is 2. The molecule has 112 valence electrons. The van der Waals surface area contributed by atoms with Crippen LogP contribution in [0.5, 0.6) is 0 Å². The fraction of sp³-hybridized carbons (Fsp3) is 0.625. The van der Waals surface area contributed by atoms with Crippen LogP contribution in [0.2, 0.25) is 0 Å². The maximum atomic E-state index is 11.8. The van der Waals surface area contributed by atoms with Crippen LogP contribution in [0.4, 0.5) is 0 Å². The summed E-state index contributed by atoms with van der Waals surface area (Å²) in [5.41, 5.74) is -0.111. The Balaban J connectivity index is 2.88. The van der Waals surface area contributed by atoms with Crippen LogP contribution in [0.25, 0.3) is 0 Å². The van der Waals surface area contributed by atoms with Crippen molar-refractivity contribution >= 4 is 11.9 Å². The molecule has 0 N–H and O–H groups in total. The Morgan fingerprint density at radius 3 is 2.20 bits per heavy atom. The first-order valence-corrected chi connectivity index (χ1v) is 6.91. The van der Waals surface area contributed by atoms with Crippen molar-refractivity contribution < 1.29 is 19.1 Å². The van der Waals surface area contributed by atoms with Gasteiger partial charge in [0.1, 0.15) is 11.7 Å². The SMILES string of the molecule is C=C(C)C(=O)OC1CC(C)CCC1(C)OC(=O)C(=C)C. The molecule has 1 aliphatic carbocycles. The van der Waals surface area contributed by atoms with E-state index in [4.69, 9.17) is 9.47 Å². The predicted molar refractivity (Wildman–Crippen MR) is 77.0 cm³/mol. The molecule has 0 amide bonds. The topological polar surface area (TPSA) is 52.6 Å². The van der Waals surface area contributed by atoms with Crippen LogP contribution in [0.3, 0.4) is 0 Å². The molecule has 4 nitrogen and oxygen atoms in total. The summed E-state index contributed by atoms with van der Waals surface area (Å²) < 4.78 is 11.0. The Bertz CT molecular complexity index is 438. The molecule has 0 bridgehead atoms. The summed E-state index contributed by atoms with van der Waals surface area (Å²) >= 11 is 0. The summed E-state index contributed by atoms with van der Waals surface area (Å²) in [7, 11) is 0. The Kier molecular flexibility index (Phi) is 5.15. The van der Waals surface area contributed by atoms with E-state index in [1.165, 1.54) is 0 Å². The number of carbonyl (C=O) groups is 2. The highest BCUT2D eigenvalue weighted by atomic mass is 16.6. The molecular formula is C16H24O4. The smallest absolute Gasteiger partial charge is 0.333 e. The summed E-state index contributed by atoms with van der Waals surface area (Å²) in [6, 6.07) is 0. The summed E-state index contributed by atoms with van der Waals surface area (Å²) in [5.74, 6) is -0.463. The quantitative estimate of drug-likeness (QED) is 0.586. The van der Waals surface area contributed by atoms with Crippen molar-refractivity contribution in [1.82, 2.24) is 0 Å². The Hall–Kier alpha value is -1.58. The van der Waals surface area contributed by atoms with E-state index in [-0.39, 0.29) is 0 Å². The molecule has 3 atom stereocenters. The molecule has 1 aliphatic rings. The van der Waals surface area contributed by atoms with Gasteiger partial charge in [-0.2, -0.15) is 0 Å². The van der Waals surface area contributed by atoms with Crippen molar-refractivity contribution in [3.8, 4) is 0 Å². The number of hydrogen-bond donors (Lipinski definition) is 0. The highest BCUT2D eigenvalue weighted by Gasteiger charge is 2.44. The first-order valence-electron chi connectivity index (χ1n) is 6.91. The zero-order valence-electron chi connectivity index (χ0n) is 12.8. The lowest BCUT2D eigenvalue weighted by molar-refractivity contribution is -0.187. The van der Waals surface area contributed by atoms with E-state index in [9.17, 15) is 9.59 Å². The second-order valence-electron chi connectivity index (χ2n) is 6.04. The first-order chi connectivity index (χ1) is 9.15. The largest absolute Gasteiger partial charge is 0.455 e. The van der Waals surface area contributed by atoms with Gasteiger partial charge in [-0.3, -0.25) is 0 Å². The van der Waals surface area contributed by atoms with Crippen molar-refractivity contribution in [2.45, 2.75) is 58.7 Å². The maximum absolute atomic E-state index is 11.8. The average molecular weight is 280 g/mol. The molecule has 3 unspecified atom stereocenters. The number of rotatable bonds is 4. The fourth-order valence-corrected chi connectivity index (χ4v) is 2.24. The van der Waals surface area contributed by atoms with Gasteiger partial charge in [0, 0.05) is 11.1 Å². The fourth-order valence-electron chi connectivity index (χ4n) is 2.24. The number of hydrogen-bond acceptors (Lipinski definition) is 4. The summed E-state index contributed by atoms with van der Waals surface area (Å²) in [6.45, 7) is 14.3. The highest BCUT2D eigenvalue weighted by Crippen LogP contribution is 2.37. The Morgan fingerprint density at radius 1 is 1.15 bits per heavy atom. The van der Waals surface area contributed by atoms with Crippen LogP contribution < -0.4 is 0 Å². The molecule has 1 rings (SSSR count). The normalized spacial score (nSPS) is 29.4. The zero-order chi connectivity index (χ0) is 15.5. The van der Waals surface area contributed by atoms with Gasteiger partial charge < -0.3 is 9.47 Å². The van der Waals surface area contributed by atoms with Crippen LogP contribution in [0, 0.1) is 5.92 Å². The van der Waals surface area contributed by atoms with Crippen molar-refractivity contribution in [1.29, 1.82) is 0 Å². The highest BCUT2D eigenvalue weighted by molar-refractivity contribution is 5.88. The number of ether oxygens (including phenoxy) is 2. The lowest BCUT2D eigenvalue weighted by Crippen LogP contribution is -2.50. The molecule has 0 aromatic rings. The van der Waals surface area contributed by atoms with Gasteiger partial charge in [0.25, 0.3) is 0 Å². The van der Waals surface area contributed by atoms with Gasteiger partial charge in [-0.15, -0.1) is 0 Å². The van der Waals surface area contributed by atoms with E-state index < -0.39 is 23.6 Å². The monoisotopic (exact) mass is 280 g/mol. The molecule has 0 heterocycles. The van der Waals surface area contributed by atoms with Gasteiger partial charge in [0.05, 0.1) is 0 Å². The molecule has 0 aromatic carbocycles. The predicted octanol–water partition coefficient (Wildman–Crippen LogP) is 3.17. The van der Waals surface area contributed by atoms with Crippen LogP contribution in [-0.2, 0) is 19.1 Å². The second kappa shape index (κ2) is 6.25. The van der Waals surface area contributed by atoms with Crippen molar-refractivity contribution in [2.24, 2.45) is 5.92 Å². The van der Waals surface area contributed by atoms with Crippen LogP contribution in [0.1, 0.15) is 47.0 Å². The van der Waals surface area contributed by atoms with Gasteiger partial charge in [-0.25, -0.2) is 9.59 Å². The van der Waals surface area contributed by atoms with Gasteiger partial charge >= 0.3 is 11.9 Å². The lowest BCUT2D eigenvalue weighted by Gasteiger charge is -2.42. The van der Waals surface area contributed by atoms with Gasteiger partial charge in [-0.1, -0.05) is 20.1 Å². The van der Waals surface area contributed by atoms with Crippen molar-refractivity contribution in [3.63, 3.8) is 0 Å². The maximum Gasteiger partial charge on any atom is 0.333 e. The minimum absolute atomic E-state index is 0.342. The summed E-state index contributed by atoms with van der Waals surface area (Å²) in [4.78, 5) is 23.5. The third-order valence-electron chi connectivity index (χ3n) is 3.70. The minimum atomic E-state index is -0.798. The summed E-state index contributed by atoms with van der Waals surface area (Å²) in [6.07, 6.45) is 1.83. The van der Waals surface area contributed by atoms with Gasteiger partial charge in [-0.05, 0) is 46.0 Å². The molecule has 20 heavy (non-hydrogen) atoms. The molecule has 4 heteroatoms.